The summed E-state index contributed by atoms with van der Waals surface area (Å²) in [5.41, 5.74) is 4.00. The first-order chi connectivity index (χ1) is 9.24. The number of benzene rings is 2. The van der Waals surface area contributed by atoms with Crippen molar-refractivity contribution in [2.75, 3.05) is 7.11 Å². The molecular weight excluding hydrogens is 258 g/mol. The molecular formula is C16H16ClNO. The van der Waals surface area contributed by atoms with Gasteiger partial charge in [0.05, 0.1) is 7.11 Å². The van der Waals surface area contributed by atoms with Crippen LogP contribution in [0.5, 0.6) is 5.75 Å². The van der Waals surface area contributed by atoms with E-state index in [4.69, 9.17) is 16.3 Å². The van der Waals surface area contributed by atoms with E-state index in [9.17, 15) is 0 Å². The van der Waals surface area contributed by atoms with Gasteiger partial charge in [-0.05, 0) is 41.0 Å². The summed E-state index contributed by atoms with van der Waals surface area (Å²) < 4.78 is 5.26. The predicted octanol–water partition coefficient (Wildman–Crippen LogP) is 3.86. The van der Waals surface area contributed by atoms with Crippen molar-refractivity contribution in [3.05, 3.63) is 64.2 Å². The maximum absolute atomic E-state index is 6.04. The Morgan fingerprint density at radius 3 is 2.79 bits per heavy atom. The van der Waals surface area contributed by atoms with Crippen molar-refractivity contribution in [1.82, 2.24) is 4.90 Å². The molecule has 0 fully saturated rings. The van der Waals surface area contributed by atoms with Gasteiger partial charge in [0.25, 0.3) is 0 Å². The summed E-state index contributed by atoms with van der Waals surface area (Å²) in [6.07, 6.45) is 0. The lowest BCUT2D eigenvalue weighted by atomic mass is 10.1. The second kappa shape index (κ2) is 5.24. The van der Waals surface area contributed by atoms with Crippen LogP contribution < -0.4 is 4.74 Å². The maximum atomic E-state index is 6.04. The van der Waals surface area contributed by atoms with Gasteiger partial charge in [-0.1, -0.05) is 29.8 Å². The number of halogens is 1. The van der Waals surface area contributed by atoms with Crippen LogP contribution in [0.4, 0.5) is 0 Å². The average molecular weight is 274 g/mol. The summed E-state index contributed by atoms with van der Waals surface area (Å²) in [6, 6.07) is 14.4. The molecule has 0 atom stereocenters. The number of nitrogens with zero attached hydrogens (tertiary/aromatic N) is 1. The molecule has 0 aromatic heterocycles. The van der Waals surface area contributed by atoms with Crippen molar-refractivity contribution < 1.29 is 4.74 Å². The fourth-order valence-electron chi connectivity index (χ4n) is 2.57. The zero-order valence-corrected chi connectivity index (χ0v) is 11.7. The lowest BCUT2D eigenvalue weighted by molar-refractivity contribution is 0.275. The van der Waals surface area contributed by atoms with Crippen LogP contribution in [0, 0.1) is 0 Å². The second-order valence-corrected chi connectivity index (χ2v) is 5.35. The van der Waals surface area contributed by atoms with Gasteiger partial charge in [-0.15, -0.1) is 0 Å². The van der Waals surface area contributed by atoms with Crippen LogP contribution in [-0.4, -0.2) is 12.0 Å². The molecule has 0 saturated heterocycles. The molecule has 0 spiro atoms. The molecule has 0 radical (unpaired) electrons. The third kappa shape index (κ3) is 2.75. The molecule has 0 N–H and O–H groups in total. The van der Waals surface area contributed by atoms with E-state index in [2.05, 4.69) is 29.2 Å². The van der Waals surface area contributed by atoms with Gasteiger partial charge in [0.2, 0.25) is 0 Å². The van der Waals surface area contributed by atoms with Gasteiger partial charge in [0.15, 0.2) is 0 Å². The molecule has 2 aromatic rings. The van der Waals surface area contributed by atoms with Gasteiger partial charge in [-0.2, -0.15) is 0 Å². The third-order valence-corrected chi connectivity index (χ3v) is 3.73. The third-order valence-electron chi connectivity index (χ3n) is 3.50. The molecule has 1 aliphatic rings. The number of hydrogen-bond donors (Lipinski definition) is 0. The normalized spacial score (nSPS) is 14.4. The monoisotopic (exact) mass is 273 g/mol. The van der Waals surface area contributed by atoms with E-state index in [1.54, 1.807) is 7.11 Å². The molecule has 2 nitrogen and oxygen atoms in total. The van der Waals surface area contributed by atoms with Crippen LogP contribution in [0.25, 0.3) is 0 Å². The Labute approximate surface area is 118 Å². The molecule has 98 valence electrons. The number of ether oxygens (including phenoxy) is 1. The number of methoxy groups -OCH3 is 1. The molecule has 0 aliphatic carbocycles. The Kier molecular flexibility index (Phi) is 3.45. The van der Waals surface area contributed by atoms with E-state index in [1.165, 1.54) is 16.7 Å². The summed E-state index contributed by atoms with van der Waals surface area (Å²) >= 11 is 6.04. The van der Waals surface area contributed by atoms with E-state index in [-0.39, 0.29) is 0 Å². The first-order valence-electron chi connectivity index (χ1n) is 6.37. The van der Waals surface area contributed by atoms with Gasteiger partial charge >= 0.3 is 0 Å². The second-order valence-electron chi connectivity index (χ2n) is 4.91. The van der Waals surface area contributed by atoms with Gasteiger partial charge < -0.3 is 4.74 Å². The first kappa shape index (κ1) is 12.5. The van der Waals surface area contributed by atoms with Gasteiger partial charge in [-0.25, -0.2) is 0 Å². The van der Waals surface area contributed by atoms with E-state index in [1.807, 2.05) is 18.2 Å². The minimum Gasteiger partial charge on any atom is -0.497 e. The molecule has 1 heterocycles. The van der Waals surface area contributed by atoms with Crippen LogP contribution >= 0.6 is 11.6 Å². The van der Waals surface area contributed by atoms with Gasteiger partial charge in [-0.3, -0.25) is 4.90 Å². The van der Waals surface area contributed by atoms with E-state index < -0.39 is 0 Å². The zero-order chi connectivity index (χ0) is 13.2. The highest BCUT2D eigenvalue weighted by Crippen LogP contribution is 2.27. The summed E-state index contributed by atoms with van der Waals surface area (Å²) in [4.78, 5) is 2.41. The number of fused-ring (bicyclic) bond motifs is 1. The zero-order valence-electron chi connectivity index (χ0n) is 10.9. The fourth-order valence-corrected chi connectivity index (χ4v) is 2.77. The Hall–Kier alpha value is -1.51. The summed E-state index contributed by atoms with van der Waals surface area (Å²) in [5, 5.41) is 0.821. The largest absolute Gasteiger partial charge is 0.497 e. The Morgan fingerprint density at radius 1 is 1.11 bits per heavy atom. The first-order valence-corrected chi connectivity index (χ1v) is 6.75. The number of hydrogen-bond acceptors (Lipinski definition) is 2. The van der Waals surface area contributed by atoms with Crippen molar-refractivity contribution in [2.24, 2.45) is 0 Å². The van der Waals surface area contributed by atoms with Crippen molar-refractivity contribution in [2.45, 2.75) is 19.6 Å². The maximum Gasteiger partial charge on any atom is 0.119 e. The molecule has 0 amide bonds. The minimum absolute atomic E-state index is 0.821. The smallest absolute Gasteiger partial charge is 0.119 e. The Bertz CT molecular complexity index is 597. The average Bonchev–Trinajstić information content (AvgIpc) is 2.80. The molecule has 0 unspecified atom stereocenters. The molecule has 0 bridgehead atoms. The molecule has 1 aliphatic heterocycles. The lowest BCUT2D eigenvalue weighted by Crippen LogP contribution is -2.15. The van der Waals surface area contributed by atoms with Gasteiger partial charge in [0.1, 0.15) is 5.75 Å². The fraction of sp³-hybridized carbons (Fsp3) is 0.250. The standard InChI is InChI=1S/C16H16ClNO/c1-19-16-4-2-3-12(7-16)9-18-10-13-5-6-15(17)8-14(13)11-18/h2-8H,9-11H2,1H3. The highest BCUT2D eigenvalue weighted by Gasteiger charge is 2.19. The van der Waals surface area contributed by atoms with Crippen molar-refractivity contribution in [3.63, 3.8) is 0 Å². The Morgan fingerprint density at radius 2 is 1.95 bits per heavy atom. The predicted molar refractivity (Wildman–Crippen MR) is 77.4 cm³/mol. The minimum atomic E-state index is 0.821. The molecule has 19 heavy (non-hydrogen) atoms. The highest BCUT2D eigenvalue weighted by atomic mass is 35.5. The molecule has 3 heteroatoms. The Balaban J connectivity index is 1.73. The quantitative estimate of drug-likeness (QED) is 0.842. The van der Waals surface area contributed by atoms with Crippen LogP contribution in [0.15, 0.2) is 42.5 Å². The topological polar surface area (TPSA) is 12.5 Å². The molecule has 3 rings (SSSR count). The van der Waals surface area contributed by atoms with Crippen LogP contribution in [0.2, 0.25) is 5.02 Å². The van der Waals surface area contributed by atoms with Crippen LogP contribution in [0.1, 0.15) is 16.7 Å². The van der Waals surface area contributed by atoms with Crippen molar-refractivity contribution in [3.8, 4) is 5.75 Å². The lowest BCUT2D eigenvalue weighted by Gasteiger charge is -2.15. The van der Waals surface area contributed by atoms with Crippen molar-refractivity contribution >= 4 is 11.6 Å². The molecule has 2 aromatic carbocycles. The van der Waals surface area contributed by atoms with Gasteiger partial charge in [0, 0.05) is 24.7 Å². The highest BCUT2D eigenvalue weighted by molar-refractivity contribution is 6.30. The molecule has 0 saturated carbocycles. The van der Waals surface area contributed by atoms with Crippen LogP contribution in [0.3, 0.4) is 0 Å². The number of rotatable bonds is 3. The van der Waals surface area contributed by atoms with E-state index in [0.29, 0.717) is 0 Å². The summed E-state index contributed by atoms with van der Waals surface area (Å²) in [5.74, 6) is 0.914. The summed E-state index contributed by atoms with van der Waals surface area (Å²) in [6.45, 7) is 2.89. The van der Waals surface area contributed by atoms with Crippen molar-refractivity contribution in [1.29, 1.82) is 0 Å². The van der Waals surface area contributed by atoms with E-state index in [0.717, 1.165) is 30.4 Å². The van der Waals surface area contributed by atoms with E-state index >= 15 is 0 Å². The SMILES string of the molecule is COc1cccc(CN2Cc3ccc(Cl)cc3C2)c1. The van der Waals surface area contributed by atoms with Crippen LogP contribution in [-0.2, 0) is 19.6 Å². The summed E-state index contributed by atoms with van der Waals surface area (Å²) in [7, 11) is 1.70.